The highest BCUT2D eigenvalue weighted by molar-refractivity contribution is 5.75. The smallest absolute Gasteiger partial charge is 0.317 e. The topological polar surface area (TPSA) is 78.9 Å². The fourth-order valence-electron chi connectivity index (χ4n) is 2.83. The van der Waals surface area contributed by atoms with Gasteiger partial charge in [0.2, 0.25) is 0 Å². The van der Waals surface area contributed by atoms with E-state index in [9.17, 15) is 9.59 Å². The van der Waals surface area contributed by atoms with Gasteiger partial charge < -0.3 is 20.1 Å². The summed E-state index contributed by atoms with van der Waals surface area (Å²) in [6, 6.07) is -0.214. The molecular weight excluding hydrogens is 260 g/mol. The van der Waals surface area contributed by atoms with Crippen molar-refractivity contribution in [2.45, 2.75) is 38.7 Å². The molecule has 114 valence electrons. The maximum Gasteiger partial charge on any atom is 0.317 e. The van der Waals surface area contributed by atoms with Gasteiger partial charge in [0.1, 0.15) is 0 Å². The Hall–Kier alpha value is -1.30. The summed E-state index contributed by atoms with van der Waals surface area (Å²) >= 11 is 0. The first-order chi connectivity index (χ1) is 9.42. The molecule has 0 aromatic carbocycles. The van der Waals surface area contributed by atoms with Crippen molar-refractivity contribution in [2.24, 2.45) is 11.3 Å². The summed E-state index contributed by atoms with van der Waals surface area (Å²) in [5.74, 6) is -0.237. The molecule has 1 heterocycles. The van der Waals surface area contributed by atoms with Crippen molar-refractivity contribution in [3.63, 3.8) is 0 Å². The van der Waals surface area contributed by atoms with Gasteiger partial charge in [0.05, 0.1) is 12.5 Å². The van der Waals surface area contributed by atoms with Gasteiger partial charge >= 0.3 is 12.0 Å². The van der Waals surface area contributed by atoms with Crippen molar-refractivity contribution in [1.82, 2.24) is 10.2 Å². The van der Waals surface area contributed by atoms with Crippen molar-refractivity contribution in [1.29, 1.82) is 0 Å². The molecule has 2 N–H and O–H groups in total. The predicted molar refractivity (Wildman–Crippen MR) is 73.5 cm³/mol. The minimum Gasteiger partial charge on any atom is -0.481 e. The van der Waals surface area contributed by atoms with Crippen LogP contribution in [-0.2, 0) is 9.53 Å². The SMILES string of the molecule is CN(CCC(=O)O)C(=O)NCC1(C)CCOC1C1CC1. The van der Waals surface area contributed by atoms with Gasteiger partial charge in [0.25, 0.3) is 0 Å². The van der Waals surface area contributed by atoms with Gasteiger partial charge in [-0.05, 0) is 25.2 Å². The second-order valence-electron chi connectivity index (χ2n) is 6.26. The molecule has 2 rings (SSSR count). The van der Waals surface area contributed by atoms with Crippen molar-refractivity contribution in [2.75, 3.05) is 26.7 Å². The van der Waals surface area contributed by atoms with Crippen LogP contribution in [-0.4, -0.2) is 54.9 Å². The molecule has 0 spiro atoms. The summed E-state index contributed by atoms with van der Waals surface area (Å²) in [6.45, 7) is 3.74. The molecule has 2 atom stereocenters. The average Bonchev–Trinajstić information content (AvgIpc) is 3.16. The zero-order valence-corrected chi connectivity index (χ0v) is 12.2. The molecular formula is C14H24N2O4. The molecule has 20 heavy (non-hydrogen) atoms. The van der Waals surface area contributed by atoms with E-state index >= 15 is 0 Å². The van der Waals surface area contributed by atoms with E-state index in [-0.39, 0.29) is 30.5 Å². The van der Waals surface area contributed by atoms with E-state index in [0.29, 0.717) is 12.5 Å². The summed E-state index contributed by atoms with van der Waals surface area (Å²) in [6.07, 6.45) is 3.65. The summed E-state index contributed by atoms with van der Waals surface area (Å²) in [5, 5.41) is 11.5. The zero-order chi connectivity index (χ0) is 14.8. The first kappa shape index (κ1) is 15.1. The van der Waals surface area contributed by atoms with E-state index in [4.69, 9.17) is 9.84 Å². The lowest BCUT2D eigenvalue weighted by Crippen LogP contribution is -2.46. The standard InChI is InChI=1S/C14H24N2O4/c1-14(6-8-20-12(14)10-3-4-10)9-15-13(19)16(2)7-5-11(17)18/h10,12H,3-9H2,1-2H3,(H,15,19)(H,17,18). The first-order valence-electron chi connectivity index (χ1n) is 7.25. The Labute approximate surface area is 119 Å². The molecule has 1 saturated heterocycles. The molecule has 0 bridgehead atoms. The van der Waals surface area contributed by atoms with Crippen LogP contribution >= 0.6 is 0 Å². The fraction of sp³-hybridized carbons (Fsp3) is 0.857. The summed E-state index contributed by atoms with van der Waals surface area (Å²) in [5.41, 5.74) is 0.00443. The number of ether oxygens (including phenoxy) is 1. The highest BCUT2D eigenvalue weighted by atomic mass is 16.5. The molecule has 2 amide bonds. The Morgan fingerprint density at radius 3 is 2.75 bits per heavy atom. The minimum absolute atomic E-state index is 0.00443. The van der Waals surface area contributed by atoms with Crippen LogP contribution < -0.4 is 5.32 Å². The molecule has 2 aliphatic rings. The Bertz CT molecular complexity index is 383. The Morgan fingerprint density at radius 1 is 1.45 bits per heavy atom. The number of aliphatic carboxylic acids is 1. The van der Waals surface area contributed by atoms with Crippen LogP contribution in [0.4, 0.5) is 4.79 Å². The van der Waals surface area contributed by atoms with E-state index in [0.717, 1.165) is 13.0 Å². The number of carbonyl (C=O) groups is 2. The first-order valence-corrected chi connectivity index (χ1v) is 7.25. The van der Waals surface area contributed by atoms with Gasteiger partial charge in [-0.3, -0.25) is 4.79 Å². The number of urea groups is 1. The number of nitrogens with zero attached hydrogens (tertiary/aromatic N) is 1. The van der Waals surface area contributed by atoms with Gasteiger partial charge in [-0.25, -0.2) is 4.79 Å². The number of hydrogen-bond donors (Lipinski definition) is 2. The quantitative estimate of drug-likeness (QED) is 0.770. The zero-order valence-electron chi connectivity index (χ0n) is 12.2. The van der Waals surface area contributed by atoms with Gasteiger partial charge in [0.15, 0.2) is 0 Å². The molecule has 0 aromatic rings. The van der Waals surface area contributed by atoms with E-state index in [1.165, 1.54) is 17.7 Å². The van der Waals surface area contributed by atoms with E-state index in [2.05, 4.69) is 12.2 Å². The molecule has 2 fully saturated rings. The molecule has 6 heteroatoms. The van der Waals surface area contributed by atoms with E-state index in [1.54, 1.807) is 7.05 Å². The number of nitrogens with one attached hydrogen (secondary N) is 1. The molecule has 1 aliphatic carbocycles. The summed E-state index contributed by atoms with van der Waals surface area (Å²) < 4.78 is 5.82. The lowest BCUT2D eigenvalue weighted by Gasteiger charge is -2.31. The van der Waals surface area contributed by atoms with Gasteiger partial charge in [-0.1, -0.05) is 6.92 Å². The minimum atomic E-state index is -0.894. The number of carbonyl (C=O) groups excluding carboxylic acids is 1. The van der Waals surface area contributed by atoms with Crippen LogP contribution in [0.3, 0.4) is 0 Å². The maximum absolute atomic E-state index is 11.9. The highest BCUT2D eigenvalue weighted by Gasteiger charge is 2.48. The van der Waals surface area contributed by atoms with Crippen LogP contribution in [0.2, 0.25) is 0 Å². The third-order valence-electron chi connectivity index (χ3n) is 4.36. The molecule has 0 aromatic heterocycles. The van der Waals surface area contributed by atoms with Gasteiger partial charge in [0, 0.05) is 32.2 Å². The Kier molecular flexibility index (Phi) is 4.52. The highest BCUT2D eigenvalue weighted by Crippen LogP contribution is 2.47. The second kappa shape index (κ2) is 5.99. The second-order valence-corrected chi connectivity index (χ2v) is 6.26. The lowest BCUT2D eigenvalue weighted by atomic mass is 9.81. The molecule has 2 unspecified atom stereocenters. The normalized spacial score (nSPS) is 29.2. The van der Waals surface area contributed by atoms with Crippen LogP contribution in [0.5, 0.6) is 0 Å². The van der Waals surface area contributed by atoms with Crippen LogP contribution in [0, 0.1) is 11.3 Å². The van der Waals surface area contributed by atoms with Crippen molar-refractivity contribution in [3.8, 4) is 0 Å². The molecule has 0 radical (unpaired) electrons. The Balaban J connectivity index is 1.78. The van der Waals surface area contributed by atoms with Gasteiger partial charge in [-0.2, -0.15) is 0 Å². The largest absolute Gasteiger partial charge is 0.481 e. The Morgan fingerprint density at radius 2 is 2.15 bits per heavy atom. The number of carboxylic acid groups (broad SMARTS) is 1. The van der Waals surface area contributed by atoms with Crippen molar-refractivity contribution < 1.29 is 19.4 Å². The average molecular weight is 284 g/mol. The third-order valence-corrected chi connectivity index (χ3v) is 4.36. The van der Waals surface area contributed by atoms with Gasteiger partial charge in [-0.15, -0.1) is 0 Å². The molecule has 1 saturated carbocycles. The summed E-state index contributed by atoms with van der Waals surface area (Å²) in [7, 11) is 1.62. The monoisotopic (exact) mass is 284 g/mol. The fourth-order valence-corrected chi connectivity index (χ4v) is 2.83. The number of hydrogen-bond acceptors (Lipinski definition) is 3. The van der Waals surface area contributed by atoms with E-state index in [1.807, 2.05) is 0 Å². The van der Waals surface area contributed by atoms with E-state index < -0.39 is 5.97 Å². The number of carboxylic acids is 1. The lowest BCUT2D eigenvalue weighted by molar-refractivity contribution is -0.137. The van der Waals surface area contributed by atoms with Crippen LogP contribution in [0.1, 0.15) is 32.6 Å². The van der Waals surface area contributed by atoms with Crippen LogP contribution in [0.15, 0.2) is 0 Å². The number of amides is 2. The maximum atomic E-state index is 11.9. The van der Waals surface area contributed by atoms with Crippen molar-refractivity contribution in [3.05, 3.63) is 0 Å². The number of rotatable bonds is 6. The summed E-state index contributed by atoms with van der Waals surface area (Å²) in [4.78, 5) is 23.8. The molecule has 6 nitrogen and oxygen atoms in total. The predicted octanol–water partition coefficient (Wildman–Crippen LogP) is 1.31. The third kappa shape index (κ3) is 3.62. The molecule has 1 aliphatic heterocycles. The van der Waals surface area contributed by atoms with Crippen molar-refractivity contribution >= 4 is 12.0 Å². The van der Waals surface area contributed by atoms with Crippen LogP contribution in [0.25, 0.3) is 0 Å².